The van der Waals surface area contributed by atoms with Crippen LogP contribution in [0, 0.1) is 0 Å². The summed E-state index contributed by atoms with van der Waals surface area (Å²) < 4.78 is 15.2. The average Bonchev–Trinajstić information content (AvgIpc) is 3.00. The number of halogens is 1. The number of hydrogen-bond donors (Lipinski definition) is 0. The number of carbonyl (C=O) groups excluding carboxylic acids is 3. The fourth-order valence-electron chi connectivity index (χ4n) is 2.52. The third-order valence-electron chi connectivity index (χ3n) is 3.94. The van der Waals surface area contributed by atoms with Crippen LogP contribution in [0.4, 0.5) is 10.5 Å². The maximum atomic E-state index is 12.7. The van der Waals surface area contributed by atoms with E-state index in [-0.39, 0.29) is 11.5 Å². The van der Waals surface area contributed by atoms with Gasteiger partial charge in [-0.15, -0.1) is 0 Å². The van der Waals surface area contributed by atoms with Crippen LogP contribution in [0.25, 0.3) is 6.08 Å². The van der Waals surface area contributed by atoms with Crippen molar-refractivity contribution in [1.29, 1.82) is 0 Å². The van der Waals surface area contributed by atoms with Crippen LogP contribution in [0.15, 0.2) is 47.4 Å². The van der Waals surface area contributed by atoms with E-state index < -0.39 is 17.1 Å². The zero-order chi connectivity index (χ0) is 21.0. The van der Waals surface area contributed by atoms with E-state index in [1.165, 1.54) is 14.2 Å². The molecule has 1 aliphatic heterocycles. The minimum Gasteiger partial charge on any atom is -0.493 e. The molecule has 1 saturated heterocycles. The summed E-state index contributed by atoms with van der Waals surface area (Å²) in [7, 11) is 2.72. The van der Waals surface area contributed by atoms with Gasteiger partial charge >= 0.3 is 5.97 Å². The quantitative estimate of drug-likeness (QED) is 0.500. The van der Waals surface area contributed by atoms with E-state index in [9.17, 15) is 14.4 Å². The van der Waals surface area contributed by atoms with Crippen LogP contribution in [0.5, 0.6) is 11.5 Å². The maximum Gasteiger partial charge on any atom is 0.343 e. The second-order valence-corrected chi connectivity index (χ2v) is 7.20. The van der Waals surface area contributed by atoms with Gasteiger partial charge in [-0.3, -0.25) is 9.59 Å². The van der Waals surface area contributed by atoms with Gasteiger partial charge in [-0.2, -0.15) is 0 Å². The van der Waals surface area contributed by atoms with E-state index in [0.29, 0.717) is 27.8 Å². The minimum atomic E-state index is -0.521. The first-order valence-electron chi connectivity index (χ1n) is 8.34. The molecule has 29 heavy (non-hydrogen) atoms. The predicted molar refractivity (Wildman–Crippen MR) is 110 cm³/mol. The summed E-state index contributed by atoms with van der Waals surface area (Å²) >= 11 is 6.71. The van der Waals surface area contributed by atoms with Crippen LogP contribution in [-0.2, 0) is 14.3 Å². The molecule has 9 heteroatoms. The number of thioether (sulfide) groups is 1. The molecule has 2 aromatic carbocycles. The Morgan fingerprint density at radius 3 is 2.48 bits per heavy atom. The van der Waals surface area contributed by atoms with Crippen LogP contribution in [0.1, 0.15) is 5.56 Å². The number of hydrogen-bond acceptors (Lipinski definition) is 7. The van der Waals surface area contributed by atoms with Crippen molar-refractivity contribution in [3.63, 3.8) is 0 Å². The summed E-state index contributed by atoms with van der Waals surface area (Å²) in [5.41, 5.74) is 1.08. The molecule has 2 aromatic rings. The lowest BCUT2D eigenvalue weighted by Crippen LogP contribution is -2.27. The molecule has 0 bridgehead atoms. The molecular formula is C20H16ClNO6S. The van der Waals surface area contributed by atoms with Crippen LogP contribution in [0.2, 0.25) is 5.02 Å². The summed E-state index contributed by atoms with van der Waals surface area (Å²) in [6.45, 7) is -0.258. The minimum absolute atomic E-state index is 0.258. The Morgan fingerprint density at radius 2 is 1.83 bits per heavy atom. The number of amides is 2. The third kappa shape index (κ3) is 4.72. The summed E-state index contributed by atoms with van der Waals surface area (Å²) in [4.78, 5) is 37.6. The molecule has 0 aliphatic carbocycles. The SMILES string of the molecule is COC(=O)COc1ccc(/C=C2\SC(=O)N(c3ccc(Cl)cc3)C2=O)cc1OC. The summed E-state index contributed by atoms with van der Waals surface area (Å²) in [5.74, 6) is -0.219. The molecule has 0 saturated carbocycles. The summed E-state index contributed by atoms with van der Waals surface area (Å²) in [6, 6.07) is 11.4. The molecule has 0 spiro atoms. The van der Waals surface area contributed by atoms with Crippen molar-refractivity contribution >= 4 is 52.2 Å². The highest BCUT2D eigenvalue weighted by Crippen LogP contribution is 2.37. The van der Waals surface area contributed by atoms with Crippen molar-refractivity contribution < 1.29 is 28.6 Å². The topological polar surface area (TPSA) is 82.1 Å². The van der Waals surface area contributed by atoms with Gasteiger partial charge in [0.15, 0.2) is 18.1 Å². The third-order valence-corrected chi connectivity index (χ3v) is 5.06. The van der Waals surface area contributed by atoms with Gasteiger partial charge in [0.05, 0.1) is 24.8 Å². The molecule has 1 fully saturated rings. The van der Waals surface area contributed by atoms with Crippen molar-refractivity contribution in [2.24, 2.45) is 0 Å². The monoisotopic (exact) mass is 433 g/mol. The number of anilines is 1. The van der Waals surface area contributed by atoms with Crippen molar-refractivity contribution in [1.82, 2.24) is 0 Å². The van der Waals surface area contributed by atoms with Gasteiger partial charge < -0.3 is 14.2 Å². The Bertz CT molecular complexity index is 989. The van der Waals surface area contributed by atoms with E-state index in [0.717, 1.165) is 16.7 Å². The van der Waals surface area contributed by atoms with Gasteiger partial charge in [0.1, 0.15) is 0 Å². The second kappa shape index (κ2) is 9.02. The lowest BCUT2D eigenvalue weighted by Gasteiger charge is -2.12. The molecule has 0 atom stereocenters. The number of methoxy groups -OCH3 is 2. The molecule has 0 aromatic heterocycles. The Kier molecular flexibility index (Phi) is 6.46. The van der Waals surface area contributed by atoms with Crippen molar-refractivity contribution in [2.45, 2.75) is 0 Å². The maximum absolute atomic E-state index is 12.7. The number of nitrogens with zero attached hydrogens (tertiary/aromatic N) is 1. The fourth-order valence-corrected chi connectivity index (χ4v) is 3.49. The van der Waals surface area contributed by atoms with E-state index >= 15 is 0 Å². The highest BCUT2D eigenvalue weighted by molar-refractivity contribution is 8.19. The normalized spacial score (nSPS) is 15.0. The van der Waals surface area contributed by atoms with Crippen molar-refractivity contribution in [3.05, 3.63) is 58.0 Å². The first-order chi connectivity index (χ1) is 13.9. The number of imide groups is 1. The number of carbonyl (C=O) groups is 3. The van der Waals surface area contributed by atoms with E-state index in [2.05, 4.69) is 4.74 Å². The largest absolute Gasteiger partial charge is 0.493 e. The first kappa shape index (κ1) is 20.8. The Morgan fingerprint density at radius 1 is 1.10 bits per heavy atom. The van der Waals surface area contributed by atoms with Crippen LogP contribution < -0.4 is 14.4 Å². The zero-order valence-electron chi connectivity index (χ0n) is 15.5. The molecule has 150 valence electrons. The van der Waals surface area contributed by atoms with Crippen molar-refractivity contribution in [3.8, 4) is 11.5 Å². The van der Waals surface area contributed by atoms with Crippen molar-refractivity contribution in [2.75, 3.05) is 25.7 Å². The van der Waals surface area contributed by atoms with Gasteiger partial charge in [0.25, 0.3) is 11.1 Å². The number of rotatable bonds is 6. The van der Waals surface area contributed by atoms with Gasteiger partial charge in [0, 0.05) is 5.02 Å². The Labute approximate surface area is 176 Å². The number of benzene rings is 2. The van der Waals surface area contributed by atoms with Gasteiger partial charge in [-0.1, -0.05) is 17.7 Å². The number of esters is 1. The standard InChI is InChI=1S/C20H16ClNO6S/c1-26-16-9-12(3-8-15(16)28-11-18(23)27-2)10-17-19(24)22(20(25)29-17)14-6-4-13(21)5-7-14/h3-10H,11H2,1-2H3/b17-10-. The molecule has 3 rings (SSSR count). The lowest BCUT2D eigenvalue weighted by molar-refractivity contribution is -0.142. The lowest BCUT2D eigenvalue weighted by atomic mass is 10.2. The average molecular weight is 434 g/mol. The molecular weight excluding hydrogens is 418 g/mol. The number of ether oxygens (including phenoxy) is 3. The van der Waals surface area contributed by atoms with Crippen LogP contribution >= 0.6 is 23.4 Å². The van der Waals surface area contributed by atoms with Gasteiger partial charge in [-0.05, 0) is 59.8 Å². The van der Waals surface area contributed by atoms with Crippen LogP contribution in [0.3, 0.4) is 0 Å². The summed E-state index contributed by atoms with van der Waals surface area (Å²) in [5, 5.41) is 0.117. The predicted octanol–water partition coefficient (Wildman–Crippen LogP) is 4.14. The highest BCUT2D eigenvalue weighted by atomic mass is 35.5. The van der Waals surface area contributed by atoms with E-state index in [4.69, 9.17) is 21.1 Å². The Hall–Kier alpha value is -2.97. The molecule has 2 amide bonds. The second-order valence-electron chi connectivity index (χ2n) is 5.77. The van der Waals surface area contributed by atoms with Gasteiger partial charge in [0.2, 0.25) is 0 Å². The first-order valence-corrected chi connectivity index (χ1v) is 9.53. The zero-order valence-corrected chi connectivity index (χ0v) is 17.1. The molecule has 0 N–H and O–H groups in total. The van der Waals surface area contributed by atoms with E-state index in [1.807, 2.05) is 0 Å². The smallest absolute Gasteiger partial charge is 0.343 e. The highest BCUT2D eigenvalue weighted by Gasteiger charge is 2.36. The summed E-state index contributed by atoms with van der Waals surface area (Å²) in [6.07, 6.45) is 1.59. The molecule has 7 nitrogen and oxygen atoms in total. The molecule has 1 aliphatic rings. The Balaban J connectivity index is 1.82. The van der Waals surface area contributed by atoms with Gasteiger partial charge in [-0.25, -0.2) is 9.69 Å². The van der Waals surface area contributed by atoms with Crippen LogP contribution in [-0.4, -0.2) is 37.9 Å². The molecule has 1 heterocycles. The van der Waals surface area contributed by atoms with E-state index in [1.54, 1.807) is 48.5 Å². The molecule has 0 unspecified atom stereocenters. The fraction of sp³-hybridized carbons (Fsp3) is 0.150. The molecule has 0 radical (unpaired) electrons.